The van der Waals surface area contributed by atoms with Gasteiger partial charge in [-0.15, -0.1) is 11.8 Å². The molecule has 0 saturated carbocycles. The summed E-state index contributed by atoms with van der Waals surface area (Å²) in [7, 11) is 0. The van der Waals surface area contributed by atoms with Crippen molar-refractivity contribution in [3.8, 4) is 11.5 Å². The summed E-state index contributed by atoms with van der Waals surface area (Å²) in [6, 6.07) is 9.68. The van der Waals surface area contributed by atoms with E-state index in [0.29, 0.717) is 5.75 Å². The summed E-state index contributed by atoms with van der Waals surface area (Å²) in [5, 5.41) is 3.08. The zero-order chi connectivity index (χ0) is 17.0. The fraction of sp³-hybridized carbons (Fsp3) is 0.333. The lowest BCUT2D eigenvalue weighted by Crippen LogP contribution is -2.41. The van der Waals surface area contributed by atoms with E-state index in [1.165, 1.54) is 0 Å². The number of carbonyl (C=O) groups is 1. The molecule has 0 spiro atoms. The molecular formula is C18H20N2O3S. The summed E-state index contributed by atoms with van der Waals surface area (Å²) < 4.78 is 10.7. The maximum atomic E-state index is 12.3. The van der Waals surface area contributed by atoms with Crippen molar-refractivity contribution in [2.75, 3.05) is 12.5 Å². The first kappa shape index (κ1) is 16.6. The minimum absolute atomic E-state index is 0.0109. The molecule has 6 heteroatoms. The van der Waals surface area contributed by atoms with Gasteiger partial charge in [-0.25, -0.2) is 0 Å². The van der Waals surface area contributed by atoms with Crippen molar-refractivity contribution < 1.29 is 14.3 Å². The number of benzene rings is 1. The molecule has 24 heavy (non-hydrogen) atoms. The molecule has 1 aliphatic heterocycles. The molecule has 126 valence electrons. The molecule has 1 aromatic carbocycles. The molecular weight excluding hydrogens is 324 g/mol. The van der Waals surface area contributed by atoms with Crippen LogP contribution in [0.15, 0.2) is 42.7 Å². The van der Waals surface area contributed by atoms with Gasteiger partial charge in [0.25, 0.3) is 0 Å². The molecule has 0 unspecified atom stereocenters. The molecule has 0 fully saturated rings. The fourth-order valence-electron chi connectivity index (χ4n) is 2.48. The van der Waals surface area contributed by atoms with Gasteiger partial charge in [0, 0.05) is 18.1 Å². The van der Waals surface area contributed by atoms with Crippen LogP contribution in [0.1, 0.15) is 25.0 Å². The van der Waals surface area contributed by atoms with Gasteiger partial charge in [0.15, 0.2) is 11.5 Å². The van der Waals surface area contributed by atoms with Crippen molar-refractivity contribution in [1.82, 2.24) is 10.3 Å². The lowest BCUT2D eigenvalue weighted by Gasteiger charge is -2.27. The molecule has 0 saturated heterocycles. The number of amides is 1. The molecule has 0 aliphatic carbocycles. The molecule has 3 rings (SSSR count). The second kappa shape index (κ2) is 7.13. The first-order valence-electron chi connectivity index (χ1n) is 7.72. The summed E-state index contributed by atoms with van der Waals surface area (Å²) in [5.74, 6) is 2.68. The average molecular weight is 344 g/mol. The second-order valence-electron chi connectivity index (χ2n) is 6.09. The highest BCUT2D eigenvalue weighted by atomic mass is 32.2. The Morgan fingerprint density at radius 2 is 1.96 bits per heavy atom. The Bertz CT molecular complexity index is 719. The van der Waals surface area contributed by atoms with E-state index in [0.717, 1.165) is 28.4 Å². The van der Waals surface area contributed by atoms with E-state index in [-0.39, 0.29) is 12.7 Å². The lowest BCUT2D eigenvalue weighted by atomic mass is 9.94. The van der Waals surface area contributed by atoms with E-state index in [2.05, 4.69) is 10.3 Å². The third-order valence-corrected chi connectivity index (χ3v) is 4.80. The monoisotopic (exact) mass is 344 g/mol. The van der Waals surface area contributed by atoms with Gasteiger partial charge >= 0.3 is 0 Å². The number of thioether (sulfide) groups is 1. The number of ether oxygens (including phenoxy) is 2. The van der Waals surface area contributed by atoms with Crippen molar-refractivity contribution >= 4 is 17.7 Å². The molecule has 2 aromatic rings. The number of nitrogens with zero attached hydrogens (tertiary/aromatic N) is 1. The van der Waals surface area contributed by atoms with Gasteiger partial charge in [-0.1, -0.05) is 6.07 Å². The molecule has 0 radical (unpaired) electrons. The highest BCUT2D eigenvalue weighted by Crippen LogP contribution is 2.35. The van der Waals surface area contributed by atoms with Gasteiger partial charge < -0.3 is 14.8 Å². The Labute approximate surface area is 145 Å². The topological polar surface area (TPSA) is 60.5 Å². The summed E-state index contributed by atoms with van der Waals surface area (Å²) in [4.78, 5) is 16.2. The van der Waals surface area contributed by atoms with E-state index in [4.69, 9.17) is 9.47 Å². The van der Waals surface area contributed by atoms with Crippen LogP contribution < -0.4 is 14.8 Å². The van der Waals surface area contributed by atoms with E-state index in [1.54, 1.807) is 24.2 Å². The molecule has 5 nitrogen and oxygen atoms in total. The SMILES string of the molecule is CC(C)(NC(=O)CSCc1ccncc1)c1ccc2c(c1)OCO2. The van der Waals surface area contributed by atoms with E-state index in [9.17, 15) is 4.79 Å². The van der Waals surface area contributed by atoms with Crippen LogP contribution in [0.2, 0.25) is 0 Å². The number of aromatic nitrogens is 1. The Morgan fingerprint density at radius 1 is 1.21 bits per heavy atom. The normalized spacial score (nSPS) is 12.9. The van der Waals surface area contributed by atoms with Crippen molar-refractivity contribution in [3.63, 3.8) is 0 Å². The van der Waals surface area contributed by atoms with Gasteiger partial charge in [-0.05, 0) is 49.2 Å². The number of pyridine rings is 1. The number of nitrogens with one attached hydrogen (secondary N) is 1. The number of fused-ring (bicyclic) bond motifs is 1. The van der Waals surface area contributed by atoms with E-state index in [1.807, 2.05) is 44.2 Å². The smallest absolute Gasteiger partial charge is 0.231 e. The molecule has 1 aliphatic rings. The van der Waals surface area contributed by atoms with Crippen molar-refractivity contribution in [1.29, 1.82) is 0 Å². The van der Waals surface area contributed by atoms with Crippen LogP contribution in [0.5, 0.6) is 11.5 Å². The number of carbonyl (C=O) groups excluding carboxylic acids is 1. The van der Waals surface area contributed by atoms with Crippen LogP contribution in [-0.2, 0) is 16.1 Å². The van der Waals surface area contributed by atoms with Crippen molar-refractivity contribution in [2.45, 2.75) is 25.1 Å². The highest BCUT2D eigenvalue weighted by molar-refractivity contribution is 7.99. The maximum absolute atomic E-state index is 12.3. The molecule has 1 amide bonds. The van der Waals surface area contributed by atoms with Crippen molar-refractivity contribution in [3.05, 3.63) is 53.9 Å². The predicted octanol–water partition coefficient (Wildman–Crippen LogP) is 3.10. The van der Waals surface area contributed by atoms with Crippen molar-refractivity contribution in [2.24, 2.45) is 0 Å². The van der Waals surface area contributed by atoms with E-state index >= 15 is 0 Å². The number of hydrogen-bond donors (Lipinski definition) is 1. The zero-order valence-electron chi connectivity index (χ0n) is 13.7. The van der Waals surface area contributed by atoms with Crippen LogP contribution in [0.4, 0.5) is 0 Å². The molecule has 1 aromatic heterocycles. The third-order valence-electron chi connectivity index (χ3n) is 3.80. The third kappa shape index (κ3) is 4.00. The van der Waals surface area contributed by atoms with Gasteiger partial charge in [0.05, 0.1) is 11.3 Å². The quantitative estimate of drug-likeness (QED) is 0.872. The van der Waals surface area contributed by atoms with E-state index < -0.39 is 5.54 Å². The molecule has 1 N–H and O–H groups in total. The minimum atomic E-state index is -0.477. The van der Waals surface area contributed by atoms with Gasteiger partial charge in [-0.3, -0.25) is 9.78 Å². The highest BCUT2D eigenvalue weighted by Gasteiger charge is 2.25. The number of hydrogen-bond acceptors (Lipinski definition) is 5. The predicted molar refractivity (Wildman–Crippen MR) is 94.1 cm³/mol. The molecule has 2 heterocycles. The standard InChI is InChI=1S/C18H20N2O3S/c1-18(2,14-3-4-15-16(9-14)23-12-22-15)20-17(21)11-24-10-13-5-7-19-8-6-13/h3-9H,10-12H2,1-2H3,(H,20,21). The summed E-state index contributed by atoms with van der Waals surface area (Å²) in [6.45, 7) is 4.21. The lowest BCUT2D eigenvalue weighted by molar-refractivity contribution is -0.120. The van der Waals surface area contributed by atoms with Crippen LogP contribution >= 0.6 is 11.8 Å². The Balaban J connectivity index is 1.54. The number of rotatable bonds is 6. The zero-order valence-corrected chi connectivity index (χ0v) is 14.6. The Kier molecular flexibility index (Phi) is 4.94. The second-order valence-corrected chi connectivity index (χ2v) is 7.08. The largest absolute Gasteiger partial charge is 0.454 e. The summed E-state index contributed by atoms with van der Waals surface area (Å²) >= 11 is 1.59. The summed E-state index contributed by atoms with van der Waals surface area (Å²) in [6.07, 6.45) is 3.53. The van der Waals surface area contributed by atoms with Gasteiger partial charge in [-0.2, -0.15) is 0 Å². The van der Waals surface area contributed by atoms with Crippen LogP contribution in [0.25, 0.3) is 0 Å². The fourth-order valence-corrected chi connectivity index (χ4v) is 3.27. The average Bonchev–Trinajstić information content (AvgIpc) is 3.03. The van der Waals surface area contributed by atoms with Gasteiger partial charge in [0.2, 0.25) is 12.7 Å². The maximum Gasteiger partial charge on any atom is 0.231 e. The van der Waals surface area contributed by atoms with Crippen LogP contribution in [0.3, 0.4) is 0 Å². The first-order valence-corrected chi connectivity index (χ1v) is 8.88. The van der Waals surface area contributed by atoms with Gasteiger partial charge in [0.1, 0.15) is 0 Å². The minimum Gasteiger partial charge on any atom is -0.454 e. The first-order chi connectivity index (χ1) is 11.5. The van der Waals surface area contributed by atoms with Crippen LogP contribution in [0, 0.1) is 0 Å². The summed E-state index contributed by atoms with van der Waals surface area (Å²) in [5.41, 5.74) is 1.67. The molecule has 0 atom stereocenters. The Morgan fingerprint density at radius 3 is 2.75 bits per heavy atom. The molecule has 0 bridgehead atoms. The van der Waals surface area contributed by atoms with Crippen LogP contribution in [-0.4, -0.2) is 23.4 Å². The Hall–Kier alpha value is -2.21.